The standard InChI is InChI=1S/C31H30N2O3S/c1-6-34-28(35-7-2)21-20-27-19-18-26(37-27)17-10-22-8-11-23(12-9-22)29-32-33-30(36-29)24-13-15-25(16-14-24)31(3,4)5/h8-9,11-16,18-19,28H,6-7H2,1-5H3. The molecule has 0 spiro atoms. The van der Waals surface area contributed by atoms with Gasteiger partial charge in [0.25, 0.3) is 0 Å². The zero-order valence-corrected chi connectivity index (χ0v) is 22.6. The Morgan fingerprint density at radius 1 is 0.757 bits per heavy atom. The molecule has 0 N–H and O–H groups in total. The summed E-state index contributed by atoms with van der Waals surface area (Å²) in [5.41, 5.74) is 4.01. The van der Waals surface area contributed by atoms with Gasteiger partial charge in [0.05, 0.1) is 9.75 Å². The van der Waals surface area contributed by atoms with Crippen LogP contribution in [0, 0.1) is 23.7 Å². The summed E-state index contributed by atoms with van der Waals surface area (Å²) in [6, 6.07) is 20.0. The Kier molecular flexibility index (Phi) is 8.58. The summed E-state index contributed by atoms with van der Waals surface area (Å²) in [6.07, 6.45) is -0.505. The molecule has 2 aromatic carbocycles. The van der Waals surface area contributed by atoms with E-state index >= 15 is 0 Å². The second-order valence-electron chi connectivity index (χ2n) is 9.24. The van der Waals surface area contributed by atoms with E-state index in [4.69, 9.17) is 13.9 Å². The third-order valence-corrected chi connectivity index (χ3v) is 6.36. The number of ether oxygens (including phenoxy) is 2. The van der Waals surface area contributed by atoms with Gasteiger partial charge in [-0.05, 0) is 79.3 Å². The Morgan fingerprint density at radius 2 is 1.30 bits per heavy atom. The molecule has 0 amide bonds. The molecule has 0 atom stereocenters. The lowest BCUT2D eigenvalue weighted by Crippen LogP contribution is -2.14. The van der Waals surface area contributed by atoms with Gasteiger partial charge in [-0.25, -0.2) is 0 Å². The maximum atomic E-state index is 5.94. The highest BCUT2D eigenvalue weighted by Gasteiger charge is 2.15. The fraction of sp³-hybridized carbons (Fsp3) is 0.290. The molecule has 2 aromatic heterocycles. The minimum Gasteiger partial charge on any atom is -0.416 e. The zero-order valence-electron chi connectivity index (χ0n) is 21.8. The summed E-state index contributed by atoms with van der Waals surface area (Å²) < 4.78 is 16.9. The van der Waals surface area contributed by atoms with Gasteiger partial charge in [-0.2, -0.15) is 0 Å². The van der Waals surface area contributed by atoms with Crippen LogP contribution in [-0.2, 0) is 14.9 Å². The predicted molar refractivity (Wildman–Crippen MR) is 148 cm³/mol. The van der Waals surface area contributed by atoms with Gasteiger partial charge in [-0.3, -0.25) is 0 Å². The van der Waals surface area contributed by atoms with E-state index in [2.05, 4.69) is 66.8 Å². The largest absolute Gasteiger partial charge is 0.416 e. The molecule has 188 valence electrons. The van der Waals surface area contributed by atoms with Crippen LogP contribution in [0.4, 0.5) is 0 Å². The van der Waals surface area contributed by atoms with Crippen molar-refractivity contribution in [3.05, 3.63) is 81.5 Å². The van der Waals surface area contributed by atoms with Crippen molar-refractivity contribution >= 4 is 11.3 Å². The lowest BCUT2D eigenvalue weighted by molar-refractivity contribution is -0.0969. The smallest absolute Gasteiger partial charge is 0.248 e. The molecule has 37 heavy (non-hydrogen) atoms. The molecule has 0 saturated heterocycles. The average Bonchev–Trinajstić information content (AvgIpc) is 3.56. The molecule has 0 fully saturated rings. The van der Waals surface area contributed by atoms with Crippen LogP contribution >= 0.6 is 11.3 Å². The van der Waals surface area contributed by atoms with Crippen molar-refractivity contribution < 1.29 is 13.9 Å². The van der Waals surface area contributed by atoms with E-state index in [-0.39, 0.29) is 5.41 Å². The molecule has 0 unspecified atom stereocenters. The number of benzene rings is 2. The van der Waals surface area contributed by atoms with Crippen molar-refractivity contribution in [2.45, 2.75) is 46.3 Å². The van der Waals surface area contributed by atoms with E-state index in [1.807, 2.05) is 62.4 Å². The van der Waals surface area contributed by atoms with Gasteiger partial charge in [0, 0.05) is 29.9 Å². The quantitative estimate of drug-likeness (QED) is 0.208. The Bertz CT molecular complexity index is 1430. The first-order chi connectivity index (χ1) is 17.9. The van der Waals surface area contributed by atoms with Crippen LogP contribution in [0.1, 0.15) is 55.5 Å². The SMILES string of the molecule is CCOC(C#Cc1ccc(C#Cc2ccc(-c3nnc(-c4ccc(C(C)(C)C)cc4)o3)cc2)s1)OCC. The molecule has 0 aliphatic rings. The lowest BCUT2D eigenvalue weighted by atomic mass is 9.87. The molecule has 5 nitrogen and oxygen atoms in total. The van der Waals surface area contributed by atoms with E-state index in [9.17, 15) is 0 Å². The van der Waals surface area contributed by atoms with Gasteiger partial charge in [0.1, 0.15) is 0 Å². The normalized spacial score (nSPS) is 11.1. The first-order valence-corrected chi connectivity index (χ1v) is 13.1. The van der Waals surface area contributed by atoms with E-state index in [1.54, 1.807) is 11.3 Å². The van der Waals surface area contributed by atoms with E-state index < -0.39 is 6.29 Å². The third kappa shape index (κ3) is 7.18. The third-order valence-electron chi connectivity index (χ3n) is 5.44. The maximum absolute atomic E-state index is 5.94. The van der Waals surface area contributed by atoms with Crippen molar-refractivity contribution in [3.63, 3.8) is 0 Å². The Balaban J connectivity index is 1.42. The van der Waals surface area contributed by atoms with E-state index in [0.717, 1.165) is 26.4 Å². The van der Waals surface area contributed by atoms with E-state index in [1.165, 1.54) is 5.56 Å². The van der Waals surface area contributed by atoms with Gasteiger partial charge >= 0.3 is 0 Å². The van der Waals surface area contributed by atoms with Crippen LogP contribution in [0.25, 0.3) is 22.9 Å². The maximum Gasteiger partial charge on any atom is 0.248 e. The van der Waals surface area contributed by atoms with Crippen LogP contribution in [0.5, 0.6) is 0 Å². The van der Waals surface area contributed by atoms with Crippen LogP contribution in [0.15, 0.2) is 65.1 Å². The predicted octanol–water partition coefficient (Wildman–Crippen LogP) is 6.91. The topological polar surface area (TPSA) is 57.4 Å². The molecule has 4 rings (SSSR count). The first-order valence-electron chi connectivity index (χ1n) is 12.3. The Morgan fingerprint density at radius 3 is 1.84 bits per heavy atom. The van der Waals surface area contributed by atoms with Gasteiger partial charge in [0.2, 0.25) is 18.1 Å². The molecule has 2 heterocycles. The van der Waals surface area contributed by atoms with Crippen LogP contribution in [-0.4, -0.2) is 29.7 Å². The Hall–Kier alpha value is -3.68. The summed E-state index contributed by atoms with van der Waals surface area (Å²) >= 11 is 1.54. The first kappa shape index (κ1) is 26.4. The summed E-state index contributed by atoms with van der Waals surface area (Å²) in [4.78, 5) is 1.86. The highest BCUT2D eigenvalue weighted by molar-refractivity contribution is 7.13. The van der Waals surface area contributed by atoms with Crippen LogP contribution in [0.2, 0.25) is 0 Å². The minimum absolute atomic E-state index is 0.0973. The van der Waals surface area contributed by atoms with E-state index in [0.29, 0.717) is 25.0 Å². The minimum atomic E-state index is -0.505. The molecule has 0 aliphatic carbocycles. The number of rotatable bonds is 6. The number of thiophene rings is 1. The van der Waals surface area contributed by atoms with Gasteiger partial charge in [-0.15, -0.1) is 21.5 Å². The molecular weight excluding hydrogens is 480 g/mol. The van der Waals surface area contributed by atoms with Crippen molar-refractivity contribution in [1.82, 2.24) is 10.2 Å². The van der Waals surface area contributed by atoms with Crippen molar-refractivity contribution in [2.24, 2.45) is 0 Å². The molecule has 4 aromatic rings. The summed E-state index contributed by atoms with van der Waals surface area (Å²) in [5.74, 6) is 13.5. The highest BCUT2D eigenvalue weighted by atomic mass is 32.1. The lowest BCUT2D eigenvalue weighted by Gasteiger charge is -2.18. The number of hydrogen-bond donors (Lipinski definition) is 0. The second kappa shape index (κ2) is 12.0. The summed E-state index contributed by atoms with van der Waals surface area (Å²) in [5, 5.41) is 8.46. The van der Waals surface area contributed by atoms with Crippen LogP contribution in [0.3, 0.4) is 0 Å². The van der Waals surface area contributed by atoms with Gasteiger partial charge < -0.3 is 13.9 Å². The monoisotopic (exact) mass is 510 g/mol. The Labute approximate surface area is 222 Å². The zero-order chi connectivity index (χ0) is 26.3. The average molecular weight is 511 g/mol. The fourth-order valence-corrected chi connectivity index (χ4v) is 4.16. The summed E-state index contributed by atoms with van der Waals surface area (Å²) in [7, 11) is 0. The van der Waals surface area contributed by atoms with Crippen molar-refractivity contribution in [3.8, 4) is 46.6 Å². The summed E-state index contributed by atoms with van der Waals surface area (Å²) in [6.45, 7) is 11.5. The molecule has 0 saturated carbocycles. The molecule has 6 heteroatoms. The van der Waals surface area contributed by atoms with Crippen LogP contribution < -0.4 is 0 Å². The second-order valence-corrected chi connectivity index (χ2v) is 10.3. The number of aromatic nitrogens is 2. The number of nitrogens with zero attached hydrogens (tertiary/aromatic N) is 2. The molecule has 0 aliphatic heterocycles. The van der Waals surface area contributed by atoms with Gasteiger partial charge in [-0.1, -0.05) is 50.7 Å². The number of hydrogen-bond acceptors (Lipinski definition) is 6. The molecule has 0 radical (unpaired) electrons. The molecule has 0 bridgehead atoms. The highest BCUT2D eigenvalue weighted by Crippen LogP contribution is 2.27. The van der Waals surface area contributed by atoms with Crippen molar-refractivity contribution in [1.29, 1.82) is 0 Å². The molecular formula is C31H30N2O3S. The van der Waals surface area contributed by atoms with Gasteiger partial charge in [0.15, 0.2) is 0 Å². The van der Waals surface area contributed by atoms with Crippen molar-refractivity contribution in [2.75, 3.05) is 13.2 Å². The fourth-order valence-electron chi connectivity index (χ4n) is 3.44.